The Morgan fingerprint density at radius 2 is 2.07 bits per heavy atom. The van der Waals surface area contributed by atoms with Crippen molar-refractivity contribution in [1.82, 2.24) is 4.90 Å². The fraction of sp³-hybridized carbons (Fsp3) is 0.583. The molecule has 3 heteroatoms. The maximum Gasteiger partial charge on any atom is 0.306 e. The van der Waals surface area contributed by atoms with Crippen molar-refractivity contribution in [3.63, 3.8) is 0 Å². The molecule has 3 nitrogen and oxygen atoms in total. The van der Waals surface area contributed by atoms with Crippen molar-refractivity contribution < 1.29 is 9.90 Å². The quantitative estimate of drug-likeness (QED) is 0.753. The molecule has 2 rings (SSSR count). The normalized spacial score (nSPS) is 22.7. The molecule has 0 spiro atoms. The number of hydrogen-bond donors (Lipinski definition) is 1. The van der Waals surface area contributed by atoms with Crippen molar-refractivity contribution in [1.29, 1.82) is 0 Å². The molecule has 1 aliphatic carbocycles. The van der Waals surface area contributed by atoms with Gasteiger partial charge in [-0.2, -0.15) is 0 Å². The van der Waals surface area contributed by atoms with Crippen LogP contribution >= 0.6 is 0 Å². The van der Waals surface area contributed by atoms with Crippen LogP contribution in [0.1, 0.15) is 25.7 Å². The molecule has 82 valence electrons. The van der Waals surface area contributed by atoms with Crippen LogP contribution in [0.4, 0.5) is 0 Å². The number of carboxylic acids is 1. The van der Waals surface area contributed by atoms with Gasteiger partial charge in [0.25, 0.3) is 0 Å². The van der Waals surface area contributed by atoms with Gasteiger partial charge in [-0.05, 0) is 31.8 Å². The number of likely N-dealkylation sites (tertiary alicyclic amines) is 1. The van der Waals surface area contributed by atoms with Crippen LogP contribution in [0.2, 0.25) is 0 Å². The van der Waals surface area contributed by atoms with Crippen LogP contribution in [0, 0.1) is 5.92 Å². The van der Waals surface area contributed by atoms with Crippen LogP contribution in [0.15, 0.2) is 23.9 Å². The number of carboxylic acid groups (broad SMARTS) is 1. The molecule has 0 unspecified atom stereocenters. The minimum absolute atomic E-state index is 0.130. The predicted molar refractivity (Wildman–Crippen MR) is 58.4 cm³/mol. The molecule has 15 heavy (non-hydrogen) atoms. The summed E-state index contributed by atoms with van der Waals surface area (Å²) in [5.41, 5.74) is 1.28. The fourth-order valence-corrected chi connectivity index (χ4v) is 2.22. The third-order valence-corrected chi connectivity index (χ3v) is 3.18. The van der Waals surface area contributed by atoms with Crippen LogP contribution in [-0.4, -0.2) is 29.1 Å². The van der Waals surface area contributed by atoms with Crippen molar-refractivity contribution in [2.24, 2.45) is 5.92 Å². The van der Waals surface area contributed by atoms with Gasteiger partial charge in [-0.3, -0.25) is 4.79 Å². The molecular formula is C12H17NO2. The first-order valence-corrected chi connectivity index (χ1v) is 5.62. The lowest BCUT2D eigenvalue weighted by Crippen LogP contribution is -2.35. The first kappa shape index (κ1) is 10.3. The van der Waals surface area contributed by atoms with Crippen LogP contribution in [-0.2, 0) is 4.79 Å². The molecule has 0 atom stereocenters. The lowest BCUT2D eigenvalue weighted by molar-refractivity contribution is -0.143. The number of hydrogen-bond acceptors (Lipinski definition) is 2. The fourth-order valence-electron chi connectivity index (χ4n) is 2.22. The molecule has 0 radical (unpaired) electrons. The van der Waals surface area contributed by atoms with Crippen LogP contribution in [0.25, 0.3) is 0 Å². The van der Waals surface area contributed by atoms with E-state index in [-0.39, 0.29) is 5.92 Å². The number of rotatable bonds is 2. The molecule has 1 saturated heterocycles. The Hall–Kier alpha value is -1.25. The number of aliphatic carboxylic acids is 1. The monoisotopic (exact) mass is 207 g/mol. The second kappa shape index (κ2) is 4.51. The summed E-state index contributed by atoms with van der Waals surface area (Å²) < 4.78 is 0. The highest BCUT2D eigenvalue weighted by Crippen LogP contribution is 2.23. The van der Waals surface area contributed by atoms with E-state index in [0.29, 0.717) is 0 Å². The second-order valence-corrected chi connectivity index (χ2v) is 4.21. The Balaban J connectivity index is 1.90. The Bertz CT molecular complexity index is 299. The van der Waals surface area contributed by atoms with Crippen molar-refractivity contribution in [3.8, 4) is 0 Å². The summed E-state index contributed by atoms with van der Waals surface area (Å²) in [4.78, 5) is 13.1. The molecule has 1 N–H and O–H groups in total. The van der Waals surface area contributed by atoms with Crippen molar-refractivity contribution >= 4 is 5.97 Å². The summed E-state index contributed by atoms with van der Waals surface area (Å²) in [5.74, 6) is -0.766. The number of carbonyl (C=O) groups is 1. The summed E-state index contributed by atoms with van der Waals surface area (Å²) in [6.07, 6.45) is 10.4. The topological polar surface area (TPSA) is 40.5 Å². The SMILES string of the molecule is O=C(O)C1CCN(C2=CCCC=C2)CC1. The van der Waals surface area contributed by atoms with E-state index in [0.717, 1.165) is 38.8 Å². The molecule has 0 bridgehead atoms. The van der Waals surface area contributed by atoms with Gasteiger partial charge in [0, 0.05) is 18.8 Å². The summed E-state index contributed by atoms with van der Waals surface area (Å²) in [6.45, 7) is 1.76. The summed E-state index contributed by atoms with van der Waals surface area (Å²) >= 11 is 0. The predicted octanol–water partition coefficient (Wildman–Crippen LogP) is 2.02. The average Bonchev–Trinajstić information content (AvgIpc) is 2.30. The van der Waals surface area contributed by atoms with Gasteiger partial charge in [0.05, 0.1) is 5.92 Å². The molecule has 1 heterocycles. The summed E-state index contributed by atoms with van der Waals surface area (Å²) in [6, 6.07) is 0. The maximum absolute atomic E-state index is 10.8. The van der Waals surface area contributed by atoms with E-state index in [1.54, 1.807) is 0 Å². The van der Waals surface area contributed by atoms with Gasteiger partial charge in [0.15, 0.2) is 0 Å². The maximum atomic E-state index is 10.8. The summed E-state index contributed by atoms with van der Waals surface area (Å²) in [7, 11) is 0. The van der Waals surface area contributed by atoms with Crippen molar-refractivity contribution in [3.05, 3.63) is 23.9 Å². The third-order valence-electron chi connectivity index (χ3n) is 3.18. The Labute approximate surface area is 90.1 Å². The van der Waals surface area contributed by atoms with E-state index in [1.165, 1.54) is 5.70 Å². The van der Waals surface area contributed by atoms with Crippen LogP contribution < -0.4 is 0 Å². The number of nitrogens with zero attached hydrogens (tertiary/aromatic N) is 1. The minimum Gasteiger partial charge on any atom is -0.481 e. The Morgan fingerprint density at radius 3 is 2.60 bits per heavy atom. The highest BCUT2D eigenvalue weighted by Gasteiger charge is 2.24. The molecule has 1 fully saturated rings. The number of piperidine rings is 1. The van der Waals surface area contributed by atoms with Crippen LogP contribution in [0.5, 0.6) is 0 Å². The van der Waals surface area contributed by atoms with Crippen LogP contribution in [0.3, 0.4) is 0 Å². The van der Waals surface area contributed by atoms with Gasteiger partial charge in [-0.15, -0.1) is 0 Å². The zero-order valence-corrected chi connectivity index (χ0v) is 8.85. The van der Waals surface area contributed by atoms with Crippen molar-refractivity contribution in [2.75, 3.05) is 13.1 Å². The standard InChI is InChI=1S/C12H17NO2/c14-12(15)10-6-8-13(9-7-10)11-4-2-1-3-5-11/h2,4-5,10H,1,3,6-9H2,(H,14,15). The lowest BCUT2D eigenvalue weighted by atomic mass is 9.96. The lowest BCUT2D eigenvalue weighted by Gasteiger charge is -2.33. The molecule has 0 saturated carbocycles. The Kier molecular flexibility index (Phi) is 3.09. The molecule has 0 aromatic heterocycles. The van der Waals surface area contributed by atoms with Crippen molar-refractivity contribution in [2.45, 2.75) is 25.7 Å². The highest BCUT2D eigenvalue weighted by atomic mass is 16.4. The van der Waals surface area contributed by atoms with E-state index in [1.807, 2.05) is 0 Å². The first-order valence-electron chi connectivity index (χ1n) is 5.62. The van der Waals surface area contributed by atoms with E-state index in [2.05, 4.69) is 23.1 Å². The highest BCUT2D eigenvalue weighted by molar-refractivity contribution is 5.70. The van der Waals surface area contributed by atoms with E-state index in [4.69, 9.17) is 5.11 Å². The van der Waals surface area contributed by atoms with Gasteiger partial charge < -0.3 is 10.0 Å². The molecule has 0 aromatic carbocycles. The minimum atomic E-state index is -0.636. The summed E-state index contributed by atoms with van der Waals surface area (Å²) in [5, 5.41) is 8.89. The third kappa shape index (κ3) is 2.41. The van der Waals surface area contributed by atoms with Gasteiger partial charge in [-0.1, -0.05) is 12.2 Å². The first-order chi connectivity index (χ1) is 7.27. The van der Waals surface area contributed by atoms with Gasteiger partial charge in [0.1, 0.15) is 0 Å². The van der Waals surface area contributed by atoms with Gasteiger partial charge in [0.2, 0.25) is 0 Å². The zero-order valence-electron chi connectivity index (χ0n) is 8.85. The molecule has 0 aromatic rings. The molecule has 1 aliphatic heterocycles. The van der Waals surface area contributed by atoms with E-state index in [9.17, 15) is 4.79 Å². The Morgan fingerprint density at radius 1 is 1.33 bits per heavy atom. The average molecular weight is 207 g/mol. The van der Waals surface area contributed by atoms with Gasteiger partial charge >= 0.3 is 5.97 Å². The van der Waals surface area contributed by atoms with E-state index >= 15 is 0 Å². The second-order valence-electron chi connectivity index (χ2n) is 4.21. The van der Waals surface area contributed by atoms with Gasteiger partial charge in [-0.25, -0.2) is 0 Å². The van der Waals surface area contributed by atoms with E-state index < -0.39 is 5.97 Å². The molecule has 0 amide bonds. The molecule has 2 aliphatic rings. The number of allylic oxidation sites excluding steroid dienone is 3. The molecular weight excluding hydrogens is 190 g/mol. The zero-order chi connectivity index (χ0) is 10.7. The largest absolute Gasteiger partial charge is 0.481 e. The smallest absolute Gasteiger partial charge is 0.306 e.